The van der Waals surface area contributed by atoms with Crippen molar-refractivity contribution >= 4 is 31.8 Å². The molecule has 1 aromatic heterocycles. The van der Waals surface area contributed by atoms with E-state index < -0.39 is 8.32 Å². The Morgan fingerprint density at radius 1 is 1.11 bits per heavy atom. The Morgan fingerprint density at radius 3 is 2.29 bits per heavy atom. The summed E-state index contributed by atoms with van der Waals surface area (Å²) in [6.45, 7) is 14.3. The molecule has 2 aliphatic rings. The van der Waals surface area contributed by atoms with Crippen LogP contribution in [-0.2, 0) is 10.8 Å². The number of rotatable bonds is 8. The highest BCUT2D eigenvalue weighted by molar-refractivity contribution is 8.18. The van der Waals surface area contributed by atoms with Gasteiger partial charge < -0.3 is 8.84 Å². The van der Waals surface area contributed by atoms with E-state index in [1.807, 2.05) is 12.5 Å². The molecule has 1 aliphatic carbocycles. The minimum atomic E-state index is -1.86. The Labute approximate surface area is 181 Å². The summed E-state index contributed by atoms with van der Waals surface area (Å²) < 4.78 is 12.7. The van der Waals surface area contributed by atoms with Gasteiger partial charge in [-0.05, 0) is 65.1 Å². The van der Waals surface area contributed by atoms with E-state index in [2.05, 4.69) is 77.2 Å². The highest BCUT2D eigenvalue weighted by Crippen LogP contribution is 2.54. The lowest BCUT2D eigenvalue weighted by Crippen LogP contribution is -2.47. The van der Waals surface area contributed by atoms with Crippen molar-refractivity contribution in [1.82, 2.24) is 0 Å². The number of allylic oxidation sites excluding steroid dienone is 2. The maximum Gasteiger partial charge on any atom is 0.258 e. The summed E-state index contributed by atoms with van der Waals surface area (Å²) in [7, 11) is -1.86. The molecule has 2 nitrogen and oxygen atoms in total. The van der Waals surface area contributed by atoms with Crippen LogP contribution >= 0.6 is 23.5 Å². The zero-order valence-corrected chi connectivity index (χ0v) is 21.1. The first-order valence-corrected chi connectivity index (χ1v) is 15.1. The third-order valence-electron chi connectivity index (χ3n) is 6.68. The Hall–Kier alpha value is -0.263. The second-order valence-corrected chi connectivity index (χ2v) is 17.9. The first-order chi connectivity index (χ1) is 13.3. The van der Waals surface area contributed by atoms with E-state index in [0.29, 0.717) is 22.5 Å². The van der Waals surface area contributed by atoms with Crippen molar-refractivity contribution in [2.75, 3.05) is 11.5 Å². The van der Waals surface area contributed by atoms with Crippen LogP contribution in [0.1, 0.15) is 66.4 Å². The molecule has 0 aromatic carbocycles. The molecule has 0 amide bonds. The van der Waals surface area contributed by atoms with E-state index in [-0.39, 0.29) is 4.08 Å². The van der Waals surface area contributed by atoms with Gasteiger partial charge in [0.1, 0.15) is 0 Å². The standard InChI is InChI=1S/C23H38O2S2Si/c1-17(2)28(18(3)4,19(5)6)25-22-9-8-21(14-22)23(26-12-7-13-27-23)15-20-10-11-24-16-20/h10-11,14,16-19,21H,7-9,12-13,15H2,1-6H3. The fraction of sp³-hybridized carbons (Fsp3) is 0.739. The molecule has 0 N–H and O–H groups in total. The summed E-state index contributed by atoms with van der Waals surface area (Å²) in [6.07, 6.45) is 11.0. The molecule has 1 aliphatic heterocycles. The second-order valence-electron chi connectivity index (χ2n) is 9.37. The zero-order chi connectivity index (χ0) is 20.4. The summed E-state index contributed by atoms with van der Waals surface area (Å²) in [5.41, 5.74) is 3.22. The van der Waals surface area contributed by atoms with E-state index in [1.165, 1.54) is 35.7 Å². The smallest absolute Gasteiger partial charge is 0.258 e. The fourth-order valence-corrected chi connectivity index (χ4v) is 14.4. The van der Waals surface area contributed by atoms with E-state index >= 15 is 0 Å². The van der Waals surface area contributed by atoms with Crippen LogP contribution in [0.2, 0.25) is 16.6 Å². The molecule has 0 saturated carbocycles. The van der Waals surface area contributed by atoms with Crippen LogP contribution in [0.3, 0.4) is 0 Å². The van der Waals surface area contributed by atoms with E-state index in [1.54, 1.807) is 0 Å². The summed E-state index contributed by atoms with van der Waals surface area (Å²) in [6, 6.07) is 2.14. The molecular weight excluding hydrogens is 400 g/mol. The quantitative estimate of drug-likeness (QED) is 0.385. The first-order valence-electron chi connectivity index (χ1n) is 11.0. The lowest BCUT2D eigenvalue weighted by atomic mass is 9.99. The maximum atomic E-state index is 7.05. The largest absolute Gasteiger partial charge is 0.546 e. The van der Waals surface area contributed by atoms with Crippen molar-refractivity contribution in [2.45, 2.75) is 87.9 Å². The van der Waals surface area contributed by atoms with E-state index in [4.69, 9.17) is 8.84 Å². The Balaban J connectivity index is 1.83. The second kappa shape index (κ2) is 9.26. The molecule has 5 heteroatoms. The Kier molecular flexibility index (Phi) is 7.41. The van der Waals surface area contributed by atoms with Crippen molar-refractivity contribution < 1.29 is 8.84 Å². The predicted octanol–water partition coefficient (Wildman–Crippen LogP) is 7.87. The van der Waals surface area contributed by atoms with Crippen molar-refractivity contribution in [3.63, 3.8) is 0 Å². The molecule has 2 heterocycles. The average Bonchev–Trinajstić information content (AvgIpc) is 3.31. The lowest BCUT2D eigenvalue weighted by molar-refractivity contribution is 0.360. The average molecular weight is 439 g/mol. The van der Waals surface area contributed by atoms with Crippen molar-refractivity contribution in [2.24, 2.45) is 5.92 Å². The van der Waals surface area contributed by atoms with Gasteiger partial charge in [-0.1, -0.05) is 41.5 Å². The topological polar surface area (TPSA) is 22.4 Å². The van der Waals surface area contributed by atoms with Crippen LogP contribution in [-0.4, -0.2) is 23.9 Å². The van der Waals surface area contributed by atoms with Crippen LogP contribution in [0.5, 0.6) is 0 Å². The molecule has 1 aromatic rings. The van der Waals surface area contributed by atoms with Gasteiger partial charge in [-0.15, -0.1) is 23.5 Å². The summed E-state index contributed by atoms with van der Waals surface area (Å²) in [5, 5.41) is 0. The number of hydrogen-bond donors (Lipinski definition) is 0. The maximum absolute atomic E-state index is 7.05. The molecule has 1 fully saturated rings. The minimum Gasteiger partial charge on any atom is -0.546 e. The summed E-state index contributed by atoms with van der Waals surface area (Å²) >= 11 is 4.36. The Bertz CT molecular complexity index is 624. The minimum absolute atomic E-state index is 0.241. The fourth-order valence-electron chi connectivity index (χ4n) is 5.42. The van der Waals surface area contributed by atoms with Gasteiger partial charge in [0, 0.05) is 12.3 Å². The van der Waals surface area contributed by atoms with Gasteiger partial charge in [-0.3, -0.25) is 0 Å². The Morgan fingerprint density at radius 2 is 1.75 bits per heavy atom. The van der Waals surface area contributed by atoms with Crippen LogP contribution in [0.15, 0.2) is 34.8 Å². The summed E-state index contributed by atoms with van der Waals surface area (Å²) in [4.78, 5) is 0. The van der Waals surface area contributed by atoms with Gasteiger partial charge in [0.15, 0.2) is 0 Å². The molecule has 3 rings (SSSR count). The van der Waals surface area contributed by atoms with Crippen LogP contribution in [0, 0.1) is 5.92 Å². The molecule has 1 atom stereocenters. The SMILES string of the molecule is CC(C)[Si](OC1=CC(C2(Cc3ccoc3)SCCCS2)CC1)(C(C)C)C(C)C. The van der Waals surface area contributed by atoms with Gasteiger partial charge in [0.25, 0.3) is 8.32 Å². The number of thioether (sulfide) groups is 2. The normalized spacial score (nSPS) is 22.9. The van der Waals surface area contributed by atoms with Crippen LogP contribution < -0.4 is 0 Å². The molecule has 1 unspecified atom stereocenters. The molecule has 158 valence electrons. The molecule has 0 bridgehead atoms. The molecule has 0 radical (unpaired) electrons. The zero-order valence-electron chi connectivity index (χ0n) is 18.5. The van der Waals surface area contributed by atoms with E-state index in [0.717, 1.165) is 12.8 Å². The monoisotopic (exact) mass is 438 g/mol. The molecular formula is C23H38O2S2Si. The molecule has 0 spiro atoms. The lowest BCUT2D eigenvalue weighted by Gasteiger charge is -2.42. The van der Waals surface area contributed by atoms with Crippen LogP contribution in [0.25, 0.3) is 0 Å². The number of furan rings is 1. The third kappa shape index (κ3) is 4.41. The summed E-state index contributed by atoms with van der Waals surface area (Å²) in [5.74, 6) is 4.43. The van der Waals surface area contributed by atoms with E-state index in [9.17, 15) is 0 Å². The molecule has 28 heavy (non-hydrogen) atoms. The van der Waals surface area contributed by atoms with Gasteiger partial charge in [-0.25, -0.2) is 0 Å². The highest BCUT2D eigenvalue weighted by Gasteiger charge is 2.49. The van der Waals surface area contributed by atoms with Crippen molar-refractivity contribution in [3.05, 3.63) is 36.0 Å². The van der Waals surface area contributed by atoms with Gasteiger partial charge in [-0.2, -0.15) is 0 Å². The third-order valence-corrected chi connectivity index (χ3v) is 16.3. The van der Waals surface area contributed by atoms with Crippen molar-refractivity contribution in [1.29, 1.82) is 0 Å². The van der Waals surface area contributed by atoms with Gasteiger partial charge >= 0.3 is 0 Å². The molecule has 1 saturated heterocycles. The first kappa shape index (κ1) is 22.4. The van der Waals surface area contributed by atoms with Gasteiger partial charge in [0.2, 0.25) is 0 Å². The van der Waals surface area contributed by atoms with Gasteiger partial charge in [0.05, 0.1) is 22.4 Å². The van der Waals surface area contributed by atoms with Crippen LogP contribution in [0.4, 0.5) is 0 Å². The van der Waals surface area contributed by atoms with Crippen molar-refractivity contribution in [3.8, 4) is 0 Å². The number of hydrogen-bond acceptors (Lipinski definition) is 4. The predicted molar refractivity (Wildman–Crippen MR) is 128 cm³/mol. The highest BCUT2D eigenvalue weighted by atomic mass is 32.2.